The number of amides is 2. The second-order valence-electron chi connectivity index (χ2n) is 6.67. The molecule has 2 fully saturated rings. The highest BCUT2D eigenvalue weighted by molar-refractivity contribution is 5.89. The van der Waals surface area contributed by atoms with E-state index in [9.17, 15) is 9.59 Å². The molecule has 0 bridgehead atoms. The summed E-state index contributed by atoms with van der Waals surface area (Å²) in [5.74, 6) is 1.31. The average Bonchev–Trinajstić information content (AvgIpc) is 2.92. The fraction of sp³-hybridized carbons (Fsp3) is 0.556. The van der Waals surface area contributed by atoms with Crippen LogP contribution in [0.1, 0.15) is 20.3 Å². The SMILES string of the molecule is COc1ccccc1OC1CN(C(=O)[C@@H]2CC(=O)N(C(C)C)C2)C1. The lowest BCUT2D eigenvalue weighted by Crippen LogP contribution is -2.57. The lowest BCUT2D eigenvalue weighted by atomic mass is 10.0. The fourth-order valence-corrected chi connectivity index (χ4v) is 3.24. The Kier molecular flexibility index (Phi) is 4.64. The summed E-state index contributed by atoms with van der Waals surface area (Å²) in [6.07, 6.45) is 0.300. The quantitative estimate of drug-likeness (QED) is 0.821. The van der Waals surface area contributed by atoms with E-state index in [2.05, 4.69) is 0 Å². The predicted octanol–water partition coefficient (Wildman–Crippen LogP) is 1.54. The summed E-state index contributed by atoms with van der Waals surface area (Å²) < 4.78 is 11.2. The number of para-hydroxylation sites is 2. The largest absolute Gasteiger partial charge is 0.493 e. The van der Waals surface area contributed by atoms with E-state index in [1.165, 1.54) is 0 Å². The second-order valence-corrected chi connectivity index (χ2v) is 6.67. The van der Waals surface area contributed by atoms with Crippen molar-refractivity contribution in [2.24, 2.45) is 5.92 Å². The Morgan fingerprint density at radius 2 is 1.83 bits per heavy atom. The van der Waals surface area contributed by atoms with Gasteiger partial charge < -0.3 is 19.3 Å². The van der Waals surface area contributed by atoms with Gasteiger partial charge in [0.05, 0.1) is 26.1 Å². The van der Waals surface area contributed by atoms with Crippen molar-refractivity contribution >= 4 is 11.8 Å². The maximum atomic E-state index is 12.5. The predicted molar refractivity (Wildman–Crippen MR) is 88.9 cm³/mol. The van der Waals surface area contributed by atoms with Gasteiger partial charge in [-0.2, -0.15) is 0 Å². The van der Waals surface area contributed by atoms with Crippen molar-refractivity contribution in [2.75, 3.05) is 26.7 Å². The van der Waals surface area contributed by atoms with Crippen LogP contribution in [0.25, 0.3) is 0 Å². The molecule has 1 aromatic rings. The molecule has 2 saturated heterocycles. The monoisotopic (exact) mass is 332 g/mol. The van der Waals surface area contributed by atoms with Crippen LogP contribution in [0, 0.1) is 5.92 Å². The summed E-state index contributed by atoms with van der Waals surface area (Å²) in [7, 11) is 1.61. The van der Waals surface area contributed by atoms with Crippen LogP contribution in [0.15, 0.2) is 24.3 Å². The number of carbonyl (C=O) groups is 2. The summed E-state index contributed by atoms with van der Waals surface area (Å²) in [6, 6.07) is 7.64. The normalized spacial score (nSPS) is 21.2. The Bertz CT molecular complexity index is 625. The van der Waals surface area contributed by atoms with Gasteiger partial charge in [-0.05, 0) is 26.0 Å². The number of hydrogen-bond donors (Lipinski definition) is 0. The zero-order valence-corrected chi connectivity index (χ0v) is 14.4. The molecular weight excluding hydrogens is 308 g/mol. The smallest absolute Gasteiger partial charge is 0.228 e. The fourth-order valence-electron chi connectivity index (χ4n) is 3.24. The minimum absolute atomic E-state index is 0.0245. The van der Waals surface area contributed by atoms with Gasteiger partial charge in [0.15, 0.2) is 11.5 Å². The van der Waals surface area contributed by atoms with Crippen molar-refractivity contribution in [1.82, 2.24) is 9.80 Å². The zero-order chi connectivity index (χ0) is 17.3. The molecule has 24 heavy (non-hydrogen) atoms. The lowest BCUT2D eigenvalue weighted by molar-refractivity contribution is -0.144. The van der Waals surface area contributed by atoms with Gasteiger partial charge in [0.25, 0.3) is 0 Å². The second kappa shape index (κ2) is 6.71. The molecule has 1 atom stereocenters. The number of ether oxygens (including phenoxy) is 2. The number of benzene rings is 1. The maximum absolute atomic E-state index is 12.5. The first-order valence-electron chi connectivity index (χ1n) is 8.37. The van der Waals surface area contributed by atoms with Crippen LogP contribution in [-0.2, 0) is 9.59 Å². The van der Waals surface area contributed by atoms with Gasteiger partial charge in [-0.15, -0.1) is 0 Å². The summed E-state index contributed by atoms with van der Waals surface area (Å²) in [6.45, 7) is 5.60. The van der Waals surface area contributed by atoms with E-state index in [0.717, 1.165) is 0 Å². The number of methoxy groups -OCH3 is 1. The average molecular weight is 332 g/mol. The number of nitrogens with zero attached hydrogens (tertiary/aromatic N) is 2. The van der Waals surface area contributed by atoms with Crippen LogP contribution in [-0.4, -0.2) is 60.5 Å². The summed E-state index contributed by atoms with van der Waals surface area (Å²) in [4.78, 5) is 28.0. The van der Waals surface area contributed by atoms with Gasteiger partial charge in [-0.3, -0.25) is 9.59 Å². The van der Waals surface area contributed by atoms with E-state index < -0.39 is 0 Å². The molecular formula is C18H24N2O4. The van der Waals surface area contributed by atoms with Crippen molar-refractivity contribution in [3.63, 3.8) is 0 Å². The molecule has 6 heteroatoms. The summed E-state index contributed by atoms with van der Waals surface area (Å²) >= 11 is 0. The first kappa shape index (κ1) is 16.6. The van der Waals surface area contributed by atoms with Crippen LogP contribution in [0.5, 0.6) is 11.5 Å². The minimum atomic E-state index is -0.216. The highest BCUT2D eigenvalue weighted by Crippen LogP contribution is 2.30. The van der Waals surface area contributed by atoms with E-state index in [1.54, 1.807) is 16.9 Å². The Balaban J connectivity index is 1.52. The van der Waals surface area contributed by atoms with E-state index in [1.807, 2.05) is 38.1 Å². The van der Waals surface area contributed by atoms with Gasteiger partial charge in [-0.25, -0.2) is 0 Å². The third kappa shape index (κ3) is 3.18. The molecule has 0 unspecified atom stereocenters. The Hall–Kier alpha value is -2.24. The molecule has 1 aromatic carbocycles. The summed E-state index contributed by atoms with van der Waals surface area (Å²) in [5, 5.41) is 0. The van der Waals surface area contributed by atoms with E-state index in [-0.39, 0.29) is 29.9 Å². The van der Waals surface area contributed by atoms with Gasteiger partial charge in [-0.1, -0.05) is 12.1 Å². The highest BCUT2D eigenvalue weighted by Gasteiger charge is 2.41. The van der Waals surface area contributed by atoms with Crippen LogP contribution >= 0.6 is 0 Å². The van der Waals surface area contributed by atoms with E-state index in [0.29, 0.717) is 37.6 Å². The third-order valence-electron chi connectivity index (χ3n) is 4.65. The van der Waals surface area contributed by atoms with E-state index >= 15 is 0 Å². The molecule has 2 heterocycles. The molecule has 130 valence electrons. The molecule has 6 nitrogen and oxygen atoms in total. The zero-order valence-electron chi connectivity index (χ0n) is 14.4. The Morgan fingerprint density at radius 3 is 2.42 bits per heavy atom. The topological polar surface area (TPSA) is 59.1 Å². The highest BCUT2D eigenvalue weighted by atomic mass is 16.5. The van der Waals surface area contributed by atoms with Crippen molar-refractivity contribution in [2.45, 2.75) is 32.4 Å². The maximum Gasteiger partial charge on any atom is 0.228 e. The molecule has 0 N–H and O–H groups in total. The number of hydrogen-bond acceptors (Lipinski definition) is 4. The molecule has 0 radical (unpaired) electrons. The molecule has 2 amide bonds. The van der Waals surface area contributed by atoms with Crippen molar-refractivity contribution < 1.29 is 19.1 Å². The molecule has 2 aliphatic heterocycles. The third-order valence-corrected chi connectivity index (χ3v) is 4.65. The summed E-state index contributed by atoms with van der Waals surface area (Å²) in [5.41, 5.74) is 0. The van der Waals surface area contributed by atoms with Crippen LogP contribution in [0.4, 0.5) is 0 Å². The number of carbonyl (C=O) groups excluding carboxylic acids is 2. The van der Waals surface area contributed by atoms with Gasteiger partial charge in [0.1, 0.15) is 6.10 Å². The molecule has 2 aliphatic rings. The standard InChI is InChI=1S/C18H24N2O4/c1-12(2)20-9-13(8-17(20)21)18(22)19-10-14(11-19)24-16-7-5-4-6-15(16)23-3/h4-7,12-14H,8-11H2,1-3H3/t13-/m1/s1. The number of rotatable bonds is 5. The first-order chi connectivity index (χ1) is 11.5. The first-order valence-corrected chi connectivity index (χ1v) is 8.37. The molecule has 0 aromatic heterocycles. The van der Waals surface area contributed by atoms with Gasteiger partial charge in [0, 0.05) is 19.0 Å². The van der Waals surface area contributed by atoms with Gasteiger partial charge in [0.2, 0.25) is 11.8 Å². The van der Waals surface area contributed by atoms with Crippen molar-refractivity contribution in [3.8, 4) is 11.5 Å². The minimum Gasteiger partial charge on any atom is -0.493 e. The molecule has 0 saturated carbocycles. The molecule has 0 aliphatic carbocycles. The van der Waals surface area contributed by atoms with Crippen LogP contribution in [0.2, 0.25) is 0 Å². The van der Waals surface area contributed by atoms with Crippen molar-refractivity contribution in [3.05, 3.63) is 24.3 Å². The Morgan fingerprint density at radius 1 is 1.17 bits per heavy atom. The molecule has 0 spiro atoms. The lowest BCUT2D eigenvalue weighted by Gasteiger charge is -2.40. The molecule has 3 rings (SSSR count). The Labute approximate surface area is 142 Å². The van der Waals surface area contributed by atoms with Crippen LogP contribution < -0.4 is 9.47 Å². The van der Waals surface area contributed by atoms with Crippen molar-refractivity contribution in [1.29, 1.82) is 0 Å². The van der Waals surface area contributed by atoms with E-state index in [4.69, 9.17) is 9.47 Å². The van der Waals surface area contributed by atoms with Crippen LogP contribution in [0.3, 0.4) is 0 Å². The van der Waals surface area contributed by atoms with Gasteiger partial charge >= 0.3 is 0 Å². The number of likely N-dealkylation sites (tertiary alicyclic amines) is 2.